The maximum absolute atomic E-state index is 14.0. The molecule has 28 heavy (non-hydrogen) atoms. The minimum absolute atomic E-state index is 0.0532. The van der Waals surface area contributed by atoms with Gasteiger partial charge in [-0.3, -0.25) is 0 Å². The monoisotopic (exact) mass is 407 g/mol. The Labute approximate surface area is 160 Å². The Balaban J connectivity index is 1.98. The highest BCUT2D eigenvalue weighted by atomic mass is 32.2. The molecule has 0 unspecified atom stereocenters. The Morgan fingerprint density at radius 1 is 0.786 bits per heavy atom. The lowest BCUT2D eigenvalue weighted by Gasteiger charge is -2.20. The molecule has 0 aromatic heterocycles. The van der Waals surface area contributed by atoms with Crippen molar-refractivity contribution >= 4 is 10.0 Å². The van der Waals surface area contributed by atoms with Gasteiger partial charge in [0.25, 0.3) is 0 Å². The van der Waals surface area contributed by atoms with Gasteiger partial charge in [-0.05, 0) is 35.4 Å². The van der Waals surface area contributed by atoms with Gasteiger partial charge in [0, 0.05) is 0 Å². The third kappa shape index (κ3) is 4.71. The van der Waals surface area contributed by atoms with Crippen LogP contribution in [0.15, 0.2) is 83.8 Å². The molecule has 0 bridgehead atoms. The summed E-state index contributed by atoms with van der Waals surface area (Å²) in [6, 6.07) is 18.4. The number of ether oxygens (including phenoxy) is 1. The Morgan fingerprint density at radius 2 is 1.36 bits per heavy atom. The Morgan fingerprint density at radius 3 is 1.96 bits per heavy atom. The maximum Gasteiger partial charge on any atom is 0.387 e. The van der Waals surface area contributed by atoms with E-state index in [-0.39, 0.29) is 5.75 Å². The number of hydrogen-bond donors (Lipinski definition) is 1. The molecule has 1 atom stereocenters. The van der Waals surface area contributed by atoms with Crippen LogP contribution in [0.4, 0.5) is 13.2 Å². The summed E-state index contributed by atoms with van der Waals surface area (Å²) < 4.78 is 71.0. The number of nitrogens with one attached hydrogen (secondary N) is 1. The van der Waals surface area contributed by atoms with E-state index in [0.717, 1.165) is 6.07 Å². The molecule has 8 heteroatoms. The van der Waals surface area contributed by atoms with Crippen LogP contribution in [0, 0.1) is 5.82 Å². The van der Waals surface area contributed by atoms with E-state index in [1.807, 2.05) is 0 Å². The standard InChI is InChI=1S/C20H16F3NO3S/c21-17-8-4-5-9-18(17)28(25,26)24-19(14-6-2-1-3-7-14)15-10-12-16(13-11-15)27-20(22)23/h1-13,19-20,24H/t19-/m0/s1. The van der Waals surface area contributed by atoms with E-state index in [9.17, 15) is 21.6 Å². The molecular weight excluding hydrogens is 391 g/mol. The zero-order chi connectivity index (χ0) is 20.1. The first-order valence-corrected chi connectivity index (χ1v) is 9.72. The molecule has 0 heterocycles. The highest BCUT2D eigenvalue weighted by Gasteiger charge is 2.25. The highest BCUT2D eigenvalue weighted by molar-refractivity contribution is 7.89. The average molecular weight is 407 g/mol. The van der Waals surface area contributed by atoms with Gasteiger partial charge in [0.15, 0.2) is 0 Å². The number of hydrogen-bond acceptors (Lipinski definition) is 3. The third-order valence-corrected chi connectivity index (χ3v) is 5.43. The number of alkyl halides is 2. The van der Waals surface area contributed by atoms with E-state index in [1.165, 1.54) is 42.5 Å². The molecule has 0 aliphatic rings. The predicted octanol–water partition coefficient (Wildman–Crippen LogP) is 4.50. The summed E-state index contributed by atoms with van der Waals surface area (Å²) in [7, 11) is -4.19. The lowest BCUT2D eigenvalue weighted by Crippen LogP contribution is -2.30. The van der Waals surface area contributed by atoms with Gasteiger partial charge < -0.3 is 4.74 Å². The van der Waals surface area contributed by atoms with Crippen LogP contribution in [0.5, 0.6) is 5.75 Å². The van der Waals surface area contributed by atoms with Gasteiger partial charge in [-0.2, -0.15) is 13.5 Å². The van der Waals surface area contributed by atoms with Crippen molar-refractivity contribution in [1.29, 1.82) is 0 Å². The van der Waals surface area contributed by atoms with Crippen LogP contribution in [0.25, 0.3) is 0 Å². The number of benzene rings is 3. The van der Waals surface area contributed by atoms with Crippen molar-refractivity contribution in [3.63, 3.8) is 0 Å². The van der Waals surface area contributed by atoms with Crippen LogP contribution in [0.3, 0.4) is 0 Å². The van der Waals surface area contributed by atoms with Gasteiger partial charge in [0.05, 0.1) is 6.04 Å². The fourth-order valence-corrected chi connectivity index (χ4v) is 3.99. The Hall–Kier alpha value is -2.84. The van der Waals surface area contributed by atoms with Gasteiger partial charge in [-0.25, -0.2) is 12.8 Å². The quantitative estimate of drug-likeness (QED) is 0.628. The first-order chi connectivity index (χ1) is 13.4. The SMILES string of the molecule is O=S(=O)(N[C@@H](c1ccccc1)c1ccc(OC(F)F)cc1)c1ccccc1F. The smallest absolute Gasteiger partial charge is 0.387 e. The third-order valence-electron chi connectivity index (χ3n) is 3.97. The van der Waals surface area contributed by atoms with E-state index < -0.39 is 33.4 Å². The molecule has 146 valence electrons. The molecule has 0 saturated heterocycles. The molecule has 0 aliphatic heterocycles. The summed E-state index contributed by atoms with van der Waals surface area (Å²) in [6.07, 6.45) is 0. The molecule has 0 saturated carbocycles. The van der Waals surface area contributed by atoms with Crippen LogP contribution in [-0.4, -0.2) is 15.0 Å². The first-order valence-electron chi connectivity index (χ1n) is 8.23. The molecule has 3 aromatic rings. The second kappa shape index (κ2) is 8.45. The molecule has 1 N–H and O–H groups in total. The summed E-state index contributed by atoms with van der Waals surface area (Å²) >= 11 is 0. The zero-order valence-electron chi connectivity index (χ0n) is 14.4. The topological polar surface area (TPSA) is 55.4 Å². The van der Waals surface area contributed by atoms with E-state index in [4.69, 9.17) is 0 Å². The molecule has 0 fully saturated rings. The van der Waals surface area contributed by atoms with Crippen molar-refractivity contribution in [1.82, 2.24) is 4.72 Å². The van der Waals surface area contributed by atoms with Crippen molar-refractivity contribution in [2.24, 2.45) is 0 Å². The second-order valence-corrected chi connectivity index (χ2v) is 7.53. The summed E-state index contributed by atoms with van der Waals surface area (Å²) in [5.41, 5.74) is 1.08. The zero-order valence-corrected chi connectivity index (χ0v) is 15.2. The number of halogens is 3. The van der Waals surface area contributed by atoms with Crippen LogP contribution in [0.2, 0.25) is 0 Å². The lowest BCUT2D eigenvalue weighted by molar-refractivity contribution is -0.0498. The van der Waals surface area contributed by atoms with Crippen LogP contribution < -0.4 is 9.46 Å². The van der Waals surface area contributed by atoms with Crippen molar-refractivity contribution in [3.05, 3.63) is 95.8 Å². The minimum Gasteiger partial charge on any atom is -0.435 e. The van der Waals surface area contributed by atoms with E-state index in [1.54, 1.807) is 30.3 Å². The molecule has 4 nitrogen and oxygen atoms in total. The number of rotatable bonds is 7. The minimum atomic E-state index is -4.19. The predicted molar refractivity (Wildman–Crippen MR) is 98.1 cm³/mol. The molecule has 0 aliphatic carbocycles. The largest absolute Gasteiger partial charge is 0.435 e. The van der Waals surface area contributed by atoms with Gasteiger partial charge in [0.1, 0.15) is 16.5 Å². The fourth-order valence-electron chi connectivity index (χ4n) is 2.70. The van der Waals surface area contributed by atoms with Gasteiger partial charge in [0.2, 0.25) is 10.0 Å². The first kappa shape index (κ1) is 19.9. The summed E-state index contributed by atoms with van der Waals surface area (Å²) in [5.74, 6) is -0.926. The van der Waals surface area contributed by atoms with Crippen molar-refractivity contribution in [2.45, 2.75) is 17.5 Å². The average Bonchev–Trinajstić information content (AvgIpc) is 2.67. The summed E-state index contributed by atoms with van der Waals surface area (Å²) in [4.78, 5) is -0.478. The van der Waals surface area contributed by atoms with E-state index in [2.05, 4.69) is 9.46 Å². The van der Waals surface area contributed by atoms with Gasteiger partial charge >= 0.3 is 6.61 Å². The molecular formula is C20H16F3NO3S. The van der Waals surface area contributed by atoms with Gasteiger partial charge in [-0.1, -0.05) is 54.6 Å². The van der Waals surface area contributed by atoms with Crippen molar-refractivity contribution < 1.29 is 26.3 Å². The molecule has 0 spiro atoms. The lowest BCUT2D eigenvalue weighted by atomic mass is 10.00. The Bertz CT molecular complexity index is 1030. The summed E-state index contributed by atoms with van der Waals surface area (Å²) in [5, 5.41) is 0. The van der Waals surface area contributed by atoms with Crippen molar-refractivity contribution in [3.8, 4) is 5.75 Å². The van der Waals surface area contributed by atoms with Crippen LogP contribution in [0.1, 0.15) is 17.2 Å². The highest BCUT2D eigenvalue weighted by Crippen LogP contribution is 2.27. The van der Waals surface area contributed by atoms with E-state index >= 15 is 0 Å². The fraction of sp³-hybridized carbons (Fsp3) is 0.100. The maximum atomic E-state index is 14.0. The molecule has 3 aromatic carbocycles. The van der Waals surface area contributed by atoms with Gasteiger partial charge in [-0.15, -0.1) is 0 Å². The second-order valence-electron chi connectivity index (χ2n) is 5.84. The normalized spacial score (nSPS) is 12.7. The number of sulfonamides is 1. The summed E-state index contributed by atoms with van der Waals surface area (Å²) in [6.45, 7) is -2.96. The Kier molecular flexibility index (Phi) is 6.01. The molecule has 3 rings (SSSR count). The molecule has 0 amide bonds. The van der Waals surface area contributed by atoms with E-state index in [0.29, 0.717) is 11.1 Å². The van der Waals surface area contributed by atoms with Crippen molar-refractivity contribution in [2.75, 3.05) is 0 Å². The van der Waals surface area contributed by atoms with Crippen LogP contribution in [-0.2, 0) is 10.0 Å². The molecule has 0 radical (unpaired) electrons. The van der Waals surface area contributed by atoms with Crippen LogP contribution >= 0.6 is 0 Å².